The molecule has 0 heterocycles. The van der Waals surface area contributed by atoms with Gasteiger partial charge in [0.2, 0.25) is 0 Å². The Hall–Kier alpha value is -2.60. The average Bonchev–Trinajstić information content (AvgIpc) is 2.72. The van der Waals surface area contributed by atoms with Gasteiger partial charge in [0.05, 0.1) is 0 Å². The van der Waals surface area contributed by atoms with Crippen LogP contribution in [-0.2, 0) is 6.42 Å². The molecule has 5 rings (SSSR count). The Balaban J connectivity index is 1.69. The molecule has 0 bridgehead atoms. The topological polar surface area (TPSA) is 0 Å². The van der Waals surface area contributed by atoms with Crippen molar-refractivity contribution in [1.29, 1.82) is 0 Å². The van der Waals surface area contributed by atoms with Crippen LogP contribution in [0.2, 0.25) is 0 Å². The fourth-order valence-electron chi connectivity index (χ4n) is 3.64. The first-order chi connectivity index (χ1) is 10.9. The Kier molecular flexibility index (Phi) is 2.42. The highest BCUT2D eigenvalue weighted by molar-refractivity contribution is 5.95. The molecule has 3 aliphatic carbocycles. The molecule has 2 aromatic carbocycles. The lowest BCUT2D eigenvalue weighted by Gasteiger charge is -2.17. The minimum atomic E-state index is 1.05. The maximum absolute atomic E-state index is 2.36. The second kappa shape index (κ2) is 4.45. The molecule has 0 N–H and O–H groups in total. The summed E-state index contributed by atoms with van der Waals surface area (Å²) in [5.74, 6) is 0. The van der Waals surface area contributed by atoms with Gasteiger partial charge in [-0.25, -0.2) is 0 Å². The highest BCUT2D eigenvalue weighted by atomic mass is 14.3. The fraction of sp³-hybridized carbons (Fsp3) is 0.0455. The van der Waals surface area contributed by atoms with E-state index in [2.05, 4.69) is 79.3 Å². The van der Waals surface area contributed by atoms with Crippen LogP contribution in [0.1, 0.15) is 11.1 Å². The zero-order valence-corrected chi connectivity index (χ0v) is 12.2. The lowest BCUT2D eigenvalue weighted by molar-refractivity contribution is 1.24. The van der Waals surface area contributed by atoms with E-state index in [-0.39, 0.29) is 0 Å². The second-order valence-corrected chi connectivity index (χ2v) is 6.08. The van der Waals surface area contributed by atoms with E-state index in [4.69, 9.17) is 0 Å². The lowest BCUT2D eigenvalue weighted by Crippen LogP contribution is -1.98. The molecule has 3 aliphatic rings. The minimum absolute atomic E-state index is 1.05. The molecule has 0 fully saturated rings. The van der Waals surface area contributed by atoms with E-state index >= 15 is 0 Å². The largest absolute Gasteiger partial charge is 0.0622 e. The van der Waals surface area contributed by atoms with Gasteiger partial charge in [-0.2, -0.15) is 0 Å². The molecular formula is C22H15. The monoisotopic (exact) mass is 279 g/mol. The Bertz CT molecular complexity index is 959. The SMILES string of the molecule is [CH]1C2=CC=CC=CC2=CC2=C1c1cc3ccccc3cc1C2. The molecule has 0 saturated heterocycles. The van der Waals surface area contributed by atoms with Crippen molar-refractivity contribution in [2.75, 3.05) is 0 Å². The Morgan fingerprint density at radius 3 is 2.59 bits per heavy atom. The van der Waals surface area contributed by atoms with Crippen LogP contribution in [-0.4, -0.2) is 0 Å². The third-order valence-corrected chi connectivity index (χ3v) is 4.73. The smallest absolute Gasteiger partial charge is 0.0214 e. The van der Waals surface area contributed by atoms with Gasteiger partial charge in [-0.3, -0.25) is 0 Å². The van der Waals surface area contributed by atoms with E-state index in [9.17, 15) is 0 Å². The van der Waals surface area contributed by atoms with Crippen LogP contribution in [0.25, 0.3) is 16.3 Å². The molecule has 0 amide bonds. The zero-order chi connectivity index (χ0) is 14.5. The predicted octanol–water partition coefficient (Wildman–Crippen LogP) is 5.35. The third-order valence-electron chi connectivity index (χ3n) is 4.73. The summed E-state index contributed by atoms with van der Waals surface area (Å²) < 4.78 is 0. The summed E-state index contributed by atoms with van der Waals surface area (Å²) in [5.41, 5.74) is 8.34. The predicted molar refractivity (Wildman–Crippen MR) is 93.3 cm³/mol. The third kappa shape index (κ3) is 1.70. The normalized spacial score (nSPS) is 18.5. The number of benzene rings is 2. The van der Waals surface area contributed by atoms with E-state index in [1.807, 2.05) is 0 Å². The maximum atomic E-state index is 2.36. The molecule has 0 saturated carbocycles. The number of fused-ring (bicyclic) bond motifs is 4. The van der Waals surface area contributed by atoms with Gasteiger partial charge in [0, 0.05) is 6.42 Å². The van der Waals surface area contributed by atoms with E-state index in [1.165, 1.54) is 44.2 Å². The molecule has 0 unspecified atom stereocenters. The Morgan fingerprint density at radius 2 is 1.68 bits per heavy atom. The summed E-state index contributed by atoms with van der Waals surface area (Å²) in [6.07, 6.45) is 16.5. The molecule has 2 aromatic rings. The molecule has 0 aromatic heterocycles. The van der Waals surface area contributed by atoms with Gasteiger partial charge in [0.15, 0.2) is 0 Å². The van der Waals surface area contributed by atoms with Crippen LogP contribution in [0.4, 0.5) is 0 Å². The van der Waals surface area contributed by atoms with Crippen LogP contribution in [0.3, 0.4) is 0 Å². The van der Waals surface area contributed by atoms with E-state index in [0.717, 1.165) is 6.42 Å². The summed E-state index contributed by atoms with van der Waals surface area (Å²) in [5, 5.41) is 2.66. The van der Waals surface area contributed by atoms with Gasteiger partial charge in [0.1, 0.15) is 0 Å². The summed E-state index contributed by atoms with van der Waals surface area (Å²) in [4.78, 5) is 0. The van der Waals surface area contributed by atoms with Gasteiger partial charge in [0.25, 0.3) is 0 Å². The number of allylic oxidation sites excluding steroid dienone is 10. The van der Waals surface area contributed by atoms with Crippen molar-refractivity contribution in [1.82, 2.24) is 0 Å². The quantitative estimate of drug-likeness (QED) is 0.610. The van der Waals surface area contributed by atoms with Gasteiger partial charge < -0.3 is 0 Å². The summed E-state index contributed by atoms with van der Waals surface area (Å²) in [6, 6.07) is 13.3. The fourth-order valence-corrected chi connectivity index (χ4v) is 3.64. The van der Waals surface area contributed by atoms with Gasteiger partial charge in [-0.15, -0.1) is 0 Å². The molecule has 103 valence electrons. The van der Waals surface area contributed by atoms with Crippen molar-refractivity contribution in [3.8, 4) is 0 Å². The van der Waals surface area contributed by atoms with Crippen molar-refractivity contribution in [3.63, 3.8) is 0 Å². The van der Waals surface area contributed by atoms with Crippen LogP contribution in [0.15, 0.2) is 89.6 Å². The van der Waals surface area contributed by atoms with Crippen molar-refractivity contribution in [2.45, 2.75) is 6.42 Å². The second-order valence-electron chi connectivity index (χ2n) is 6.08. The molecule has 0 heteroatoms. The van der Waals surface area contributed by atoms with Crippen LogP contribution >= 0.6 is 0 Å². The van der Waals surface area contributed by atoms with Crippen molar-refractivity contribution in [3.05, 3.63) is 107 Å². The van der Waals surface area contributed by atoms with Crippen LogP contribution in [0.5, 0.6) is 0 Å². The highest BCUT2D eigenvalue weighted by Crippen LogP contribution is 2.43. The number of hydrogen-bond acceptors (Lipinski definition) is 0. The number of rotatable bonds is 0. The van der Waals surface area contributed by atoms with Crippen molar-refractivity contribution < 1.29 is 0 Å². The average molecular weight is 279 g/mol. The molecule has 0 aliphatic heterocycles. The first-order valence-corrected chi connectivity index (χ1v) is 7.75. The Morgan fingerprint density at radius 1 is 0.818 bits per heavy atom. The molecule has 0 nitrogen and oxygen atoms in total. The van der Waals surface area contributed by atoms with Gasteiger partial charge in [-0.05, 0) is 56.7 Å². The van der Waals surface area contributed by atoms with E-state index in [0.29, 0.717) is 0 Å². The Labute approximate surface area is 130 Å². The summed E-state index contributed by atoms with van der Waals surface area (Å²) in [7, 11) is 0. The van der Waals surface area contributed by atoms with Crippen molar-refractivity contribution >= 4 is 16.3 Å². The standard InChI is InChI=1S/C22H15/c1-2-6-15-10-19-12-20-11-16-8-4-5-9-18(16)14-22(20)21(19)13-17(15)7-3-1/h1-11,13-14H,12H2. The van der Waals surface area contributed by atoms with Gasteiger partial charge >= 0.3 is 0 Å². The van der Waals surface area contributed by atoms with E-state index in [1.54, 1.807) is 0 Å². The zero-order valence-electron chi connectivity index (χ0n) is 12.2. The minimum Gasteiger partial charge on any atom is -0.0622 e. The van der Waals surface area contributed by atoms with Crippen molar-refractivity contribution in [2.24, 2.45) is 0 Å². The van der Waals surface area contributed by atoms with E-state index < -0.39 is 0 Å². The number of hydrogen-bond donors (Lipinski definition) is 0. The van der Waals surface area contributed by atoms with Gasteiger partial charge in [-0.1, -0.05) is 66.8 Å². The molecule has 22 heavy (non-hydrogen) atoms. The molecule has 0 spiro atoms. The molecule has 0 atom stereocenters. The molecular weight excluding hydrogens is 264 g/mol. The van der Waals surface area contributed by atoms with Crippen LogP contribution in [0, 0.1) is 6.42 Å². The summed E-state index contributed by atoms with van der Waals surface area (Å²) >= 11 is 0. The summed E-state index contributed by atoms with van der Waals surface area (Å²) in [6.45, 7) is 0. The first kappa shape index (κ1) is 12.0. The molecule has 1 radical (unpaired) electrons. The van der Waals surface area contributed by atoms with Crippen LogP contribution < -0.4 is 0 Å². The lowest BCUT2D eigenvalue weighted by atomic mass is 9.87. The first-order valence-electron chi connectivity index (χ1n) is 7.75. The highest BCUT2D eigenvalue weighted by Gasteiger charge is 2.26. The maximum Gasteiger partial charge on any atom is 0.0214 e.